The number of anilines is 2. The van der Waals surface area contributed by atoms with Gasteiger partial charge in [-0.2, -0.15) is 5.10 Å². The second-order valence-electron chi connectivity index (χ2n) is 12.5. The molecule has 0 radical (unpaired) electrons. The fourth-order valence-corrected chi connectivity index (χ4v) is 6.15. The Morgan fingerprint density at radius 1 is 0.950 bits per heavy atom. The molecule has 3 aromatic rings. The van der Waals surface area contributed by atoms with Gasteiger partial charge in [-0.05, 0) is 75.4 Å². The standard InChI is InChI=1S/C33H43N5O2/c1-22-13-15-25(16-14-22)38-29(21-28(37-38)33(2,3)4)36-32(40)35-27-12-8-7-11-26(27)30(23-17-19-34-20-18-23)31(39)24-9-5-6-10-24/h7-8,11-16,21,23-24,30,34H,5-6,9-10,17-20H2,1-4H3,(H2,35,36,40). The van der Waals surface area contributed by atoms with Gasteiger partial charge >= 0.3 is 6.03 Å². The van der Waals surface area contributed by atoms with Gasteiger partial charge in [-0.1, -0.05) is 69.5 Å². The minimum Gasteiger partial charge on any atom is -0.317 e. The Morgan fingerprint density at radius 2 is 1.62 bits per heavy atom. The number of para-hydroxylation sites is 1. The van der Waals surface area contributed by atoms with Crippen LogP contribution in [0.3, 0.4) is 0 Å². The molecule has 40 heavy (non-hydrogen) atoms. The van der Waals surface area contributed by atoms with Crippen LogP contribution in [0.5, 0.6) is 0 Å². The van der Waals surface area contributed by atoms with Crippen LogP contribution >= 0.6 is 0 Å². The number of ketones is 1. The molecule has 212 valence electrons. The second kappa shape index (κ2) is 12.0. The number of carbonyl (C=O) groups excluding carboxylic acids is 2. The molecule has 0 spiro atoms. The number of hydrogen-bond acceptors (Lipinski definition) is 4. The lowest BCUT2D eigenvalue weighted by Crippen LogP contribution is -2.36. The summed E-state index contributed by atoms with van der Waals surface area (Å²) in [5.74, 6) is 1.15. The van der Waals surface area contributed by atoms with Crippen molar-refractivity contribution in [3.05, 3.63) is 71.4 Å². The first-order valence-electron chi connectivity index (χ1n) is 14.8. The van der Waals surface area contributed by atoms with Gasteiger partial charge in [0.1, 0.15) is 11.6 Å². The zero-order valence-corrected chi connectivity index (χ0v) is 24.3. The summed E-state index contributed by atoms with van der Waals surface area (Å²) in [5.41, 5.74) is 4.38. The molecule has 2 fully saturated rings. The molecule has 2 heterocycles. The summed E-state index contributed by atoms with van der Waals surface area (Å²) in [6, 6.07) is 17.5. The average molecular weight is 542 g/mol. The number of carbonyl (C=O) groups is 2. The monoisotopic (exact) mass is 541 g/mol. The largest absolute Gasteiger partial charge is 0.324 e. The first-order valence-corrected chi connectivity index (χ1v) is 14.8. The Balaban J connectivity index is 1.43. The van der Waals surface area contributed by atoms with Crippen molar-refractivity contribution in [2.75, 3.05) is 23.7 Å². The van der Waals surface area contributed by atoms with E-state index >= 15 is 0 Å². The van der Waals surface area contributed by atoms with Crippen molar-refractivity contribution in [2.24, 2.45) is 11.8 Å². The summed E-state index contributed by atoms with van der Waals surface area (Å²) >= 11 is 0. The summed E-state index contributed by atoms with van der Waals surface area (Å²) in [5, 5.41) is 14.4. The lowest BCUT2D eigenvalue weighted by molar-refractivity contribution is -0.125. The molecule has 2 aromatic carbocycles. The maximum absolute atomic E-state index is 13.9. The van der Waals surface area contributed by atoms with Crippen molar-refractivity contribution in [3.63, 3.8) is 0 Å². The molecule has 1 saturated heterocycles. The van der Waals surface area contributed by atoms with Crippen LogP contribution in [0, 0.1) is 18.8 Å². The summed E-state index contributed by atoms with van der Waals surface area (Å²) < 4.78 is 1.78. The first-order chi connectivity index (χ1) is 19.2. The zero-order chi connectivity index (χ0) is 28.3. The van der Waals surface area contributed by atoms with Crippen molar-refractivity contribution in [1.82, 2.24) is 15.1 Å². The number of aryl methyl sites for hydroxylation is 1. The highest BCUT2D eigenvalue weighted by atomic mass is 16.2. The molecule has 1 atom stereocenters. The van der Waals surface area contributed by atoms with E-state index in [9.17, 15) is 9.59 Å². The van der Waals surface area contributed by atoms with Crippen LogP contribution in [0.2, 0.25) is 0 Å². The maximum atomic E-state index is 13.9. The maximum Gasteiger partial charge on any atom is 0.324 e. The predicted molar refractivity (Wildman–Crippen MR) is 161 cm³/mol. The molecule has 7 heteroatoms. The van der Waals surface area contributed by atoms with Gasteiger partial charge in [0, 0.05) is 29.0 Å². The van der Waals surface area contributed by atoms with Gasteiger partial charge in [-0.15, -0.1) is 0 Å². The Hall–Kier alpha value is -3.45. The normalized spacial score (nSPS) is 17.5. The van der Waals surface area contributed by atoms with Gasteiger partial charge in [0.05, 0.1) is 11.4 Å². The Labute approximate surface area is 238 Å². The fourth-order valence-electron chi connectivity index (χ4n) is 6.15. The average Bonchev–Trinajstić information content (AvgIpc) is 3.62. The number of rotatable bonds is 7. The van der Waals surface area contributed by atoms with Gasteiger partial charge in [0.25, 0.3) is 0 Å². The molecule has 0 bridgehead atoms. The van der Waals surface area contributed by atoms with E-state index in [4.69, 9.17) is 5.10 Å². The van der Waals surface area contributed by atoms with Gasteiger partial charge in [-0.3, -0.25) is 10.1 Å². The molecule has 1 aliphatic carbocycles. The number of piperidine rings is 1. The number of nitrogens with zero attached hydrogens (tertiary/aromatic N) is 2. The summed E-state index contributed by atoms with van der Waals surface area (Å²) in [7, 11) is 0. The third-order valence-corrected chi connectivity index (χ3v) is 8.46. The number of nitrogens with one attached hydrogen (secondary N) is 3. The third kappa shape index (κ3) is 6.30. The van der Waals surface area contributed by atoms with Crippen molar-refractivity contribution in [3.8, 4) is 5.69 Å². The molecular formula is C33H43N5O2. The van der Waals surface area contributed by atoms with Crippen LogP contribution in [-0.2, 0) is 10.2 Å². The van der Waals surface area contributed by atoms with E-state index in [0.717, 1.165) is 74.1 Å². The zero-order valence-electron chi connectivity index (χ0n) is 24.3. The van der Waals surface area contributed by atoms with Crippen LogP contribution in [0.4, 0.5) is 16.3 Å². The van der Waals surface area contributed by atoms with E-state index in [1.807, 2.05) is 61.5 Å². The number of benzene rings is 2. The molecule has 1 aliphatic heterocycles. The second-order valence-corrected chi connectivity index (χ2v) is 12.5. The van der Waals surface area contributed by atoms with E-state index in [1.165, 1.54) is 0 Å². The Bertz CT molecular complexity index is 1330. The molecule has 2 aliphatic rings. The molecule has 7 nitrogen and oxygen atoms in total. The minimum absolute atomic E-state index is 0.126. The topological polar surface area (TPSA) is 88.1 Å². The molecule has 1 unspecified atom stereocenters. The van der Waals surface area contributed by atoms with Gasteiger partial charge in [-0.25, -0.2) is 9.48 Å². The summed E-state index contributed by atoms with van der Waals surface area (Å²) in [6.07, 6.45) is 6.15. The predicted octanol–water partition coefficient (Wildman–Crippen LogP) is 6.96. The van der Waals surface area contributed by atoms with Crippen LogP contribution in [-0.4, -0.2) is 34.7 Å². The van der Waals surface area contributed by atoms with Crippen LogP contribution < -0.4 is 16.0 Å². The van der Waals surface area contributed by atoms with Gasteiger partial charge in [0.2, 0.25) is 0 Å². The lowest BCUT2D eigenvalue weighted by Gasteiger charge is -2.33. The third-order valence-electron chi connectivity index (χ3n) is 8.46. The number of aromatic nitrogens is 2. The number of hydrogen-bond donors (Lipinski definition) is 3. The first kappa shape index (κ1) is 28.1. The molecule has 1 aromatic heterocycles. The van der Waals surface area contributed by atoms with Gasteiger partial charge < -0.3 is 10.6 Å². The van der Waals surface area contributed by atoms with Crippen molar-refractivity contribution < 1.29 is 9.59 Å². The van der Waals surface area contributed by atoms with E-state index < -0.39 is 0 Å². The van der Waals surface area contributed by atoms with E-state index in [1.54, 1.807) is 4.68 Å². The van der Waals surface area contributed by atoms with E-state index in [0.29, 0.717) is 17.3 Å². The minimum atomic E-state index is -0.349. The van der Waals surface area contributed by atoms with Crippen LogP contribution in [0.1, 0.15) is 82.0 Å². The SMILES string of the molecule is Cc1ccc(-n2nc(C(C)(C)C)cc2NC(=O)Nc2ccccc2C(C(=O)C2CCCC2)C2CCNCC2)cc1. The van der Waals surface area contributed by atoms with Crippen molar-refractivity contribution in [1.29, 1.82) is 0 Å². The molecular weight excluding hydrogens is 498 g/mol. The van der Waals surface area contributed by atoms with Crippen LogP contribution in [0.15, 0.2) is 54.6 Å². The molecule has 1 saturated carbocycles. The Morgan fingerprint density at radius 3 is 2.30 bits per heavy atom. The highest BCUT2D eigenvalue weighted by Crippen LogP contribution is 2.41. The highest BCUT2D eigenvalue weighted by molar-refractivity contribution is 6.01. The lowest BCUT2D eigenvalue weighted by atomic mass is 9.74. The molecule has 5 rings (SSSR count). The smallest absolute Gasteiger partial charge is 0.317 e. The summed E-state index contributed by atoms with van der Waals surface area (Å²) in [4.78, 5) is 27.4. The van der Waals surface area contributed by atoms with E-state index in [-0.39, 0.29) is 29.2 Å². The van der Waals surface area contributed by atoms with E-state index in [2.05, 4.69) is 36.7 Å². The highest BCUT2D eigenvalue weighted by Gasteiger charge is 2.37. The fraction of sp³-hybridized carbons (Fsp3) is 0.485. The summed E-state index contributed by atoms with van der Waals surface area (Å²) in [6.45, 7) is 10.2. The molecule has 3 N–H and O–H groups in total. The Kier molecular flexibility index (Phi) is 8.40. The van der Waals surface area contributed by atoms with Crippen molar-refractivity contribution >= 4 is 23.3 Å². The number of Topliss-reactive ketones (excluding diaryl/α,β-unsaturated/α-hetero) is 1. The number of urea groups is 1. The molecule has 2 amide bonds. The number of amides is 2. The van der Waals surface area contributed by atoms with Crippen molar-refractivity contribution in [2.45, 2.75) is 77.6 Å². The van der Waals surface area contributed by atoms with Crippen LogP contribution in [0.25, 0.3) is 5.69 Å². The van der Waals surface area contributed by atoms with Gasteiger partial charge in [0.15, 0.2) is 0 Å². The quantitative estimate of drug-likeness (QED) is 0.302.